The number of aliphatic hydroxyl groups excluding tert-OH is 1. The van der Waals surface area contributed by atoms with E-state index in [0.717, 1.165) is 43.1 Å². The van der Waals surface area contributed by atoms with Crippen molar-refractivity contribution in [1.82, 2.24) is 9.88 Å². The van der Waals surface area contributed by atoms with Crippen molar-refractivity contribution in [3.8, 4) is 11.3 Å². The molecule has 1 unspecified atom stereocenters. The van der Waals surface area contributed by atoms with Crippen LogP contribution in [0.4, 0.5) is 0 Å². The van der Waals surface area contributed by atoms with Gasteiger partial charge in [0.2, 0.25) is 5.89 Å². The van der Waals surface area contributed by atoms with E-state index in [1.165, 1.54) is 12.8 Å². The predicted octanol–water partition coefficient (Wildman–Crippen LogP) is 3.73. The number of likely N-dealkylation sites (tertiary alicyclic amines) is 1. The summed E-state index contributed by atoms with van der Waals surface area (Å²) in [5, 5.41) is 9.71. The number of oxazole rings is 1. The van der Waals surface area contributed by atoms with Gasteiger partial charge in [-0.3, -0.25) is 4.90 Å². The molecule has 2 aromatic rings. The number of hydrogen-bond donors (Lipinski definition) is 1. The third-order valence-corrected chi connectivity index (χ3v) is 4.47. The maximum absolute atomic E-state index is 8.99. The van der Waals surface area contributed by atoms with Crippen LogP contribution < -0.4 is 0 Å². The standard InChI is InChI=1S/C17H21ClN2O2/c18-14-7-5-13(6-8-14)16-11-19-17(22-16)12-20-9-1-3-15(20)4-2-10-21/h5-8,11,15,21H,1-4,9-10,12H2. The van der Waals surface area contributed by atoms with Crippen LogP contribution in [0.15, 0.2) is 34.9 Å². The molecule has 2 heterocycles. The van der Waals surface area contributed by atoms with Gasteiger partial charge in [0.1, 0.15) is 0 Å². The third kappa shape index (κ3) is 3.69. The maximum atomic E-state index is 8.99. The van der Waals surface area contributed by atoms with E-state index in [9.17, 15) is 0 Å². The second-order valence-corrected chi connectivity index (χ2v) is 6.19. The van der Waals surface area contributed by atoms with Crippen LogP contribution in [0.5, 0.6) is 0 Å². The van der Waals surface area contributed by atoms with E-state index >= 15 is 0 Å². The lowest BCUT2D eigenvalue weighted by Gasteiger charge is -2.22. The molecule has 1 aromatic heterocycles. The van der Waals surface area contributed by atoms with E-state index in [0.29, 0.717) is 11.1 Å². The Morgan fingerprint density at radius 2 is 2.14 bits per heavy atom. The van der Waals surface area contributed by atoms with Crippen LogP contribution in [-0.2, 0) is 6.54 Å². The number of hydrogen-bond acceptors (Lipinski definition) is 4. The summed E-state index contributed by atoms with van der Waals surface area (Å²) in [5.41, 5.74) is 0.987. The third-order valence-electron chi connectivity index (χ3n) is 4.22. The summed E-state index contributed by atoms with van der Waals surface area (Å²) in [4.78, 5) is 6.81. The Labute approximate surface area is 135 Å². The number of rotatable bonds is 6. The summed E-state index contributed by atoms with van der Waals surface area (Å²) in [6.45, 7) is 2.09. The highest BCUT2D eigenvalue weighted by Crippen LogP contribution is 2.26. The van der Waals surface area contributed by atoms with Crippen molar-refractivity contribution in [3.05, 3.63) is 41.4 Å². The predicted molar refractivity (Wildman–Crippen MR) is 86.7 cm³/mol. The maximum Gasteiger partial charge on any atom is 0.209 e. The van der Waals surface area contributed by atoms with Gasteiger partial charge in [-0.2, -0.15) is 0 Å². The minimum absolute atomic E-state index is 0.268. The van der Waals surface area contributed by atoms with Crippen molar-refractivity contribution in [1.29, 1.82) is 0 Å². The number of nitrogens with zero attached hydrogens (tertiary/aromatic N) is 2. The lowest BCUT2D eigenvalue weighted by Crippen LogP contribution is -2.29. The Morgan fingerprint density at radius 1 is 1.32 bits per heavy atom. The van der Waals surface area contributed by atoms with E-state index in [1.807, 2.05) is 24.3 Å². The SMILES string of the molecule is OCCCC1CCCN1Cc1ncc(-c2ccc(Cl)cc2)o1. The minimum atomic E-state index is 0.268. The zero-order chi connectivity index (χ0) is 15.4. The molecule has 1 N–H and O–H groups in total. The Hall–Kier alpha value is -1.36. The van der Waals surface area contributed by atoms with Crippen molar-refractivity contribution in [2.24, 2.45) is 0 Å². The summed E-state index contributed by atoms with van der Waals surface area (Å²) in [5.74, 6) is 1.53. The zero-order valence-corrected chi connectivity index (χ0v) is 13.3. The van der Waals surface area contributed by atoms with Gasteiger partial charge in [0, 0.05) is 23.2 Å². The molecule has 0 bridgehead atoms. The van der Waals surface area contributed by atoms with Crippen molar-refractivity contribution in [2.45, 2.75) is 38.3 Å². The monoisotopic (exact) mass is 320 g/mol. The van der Waals surface area contributed by atoms with Crippen molar-refractivity contribution in [3.63, 3.8) is 0 Å². The molecular formula is C17H21ClN2O2. The number of halogens is 1. The van der Waals surface area contributed by atoms with Gasteiger partial charge in [0.15, 0.2) is 5.76 Å². The molecule has 1 atom stereocenters. The summed E-state index contributed by atoms with van der Waals surface area (Å²) < 4.78 is 5.88. The van der Waals surface area contributed by atoms with Gasteiger partial charge in [-0.25, -0.2) is 4.98 Å². The molecule has 1 aliphatic rings. The van der Waals surface area contributed by atoms with E-state index in [1.54, 1.807) is 6.20 Å². The van der Waals surface area contributed by atoms with Crippen molar-refractivity contribution >= 4 is 11.6 Å². The molecule has 118 valence electrons. The Balaban J connectivity index is 1.65. The normalized spacial score (nSPS) is 18.9. The molecule has 0 aliphatic carbocycles. The van der Waals surface area contributed by atoms with Crippen LogP contribution in [-0.4, -0.2) is 34.2 Å². The molecule has 1 saturated heterocycles. The number of benzene rings is 1. The second-order valence-electron chi connectivity index (χ2n) is 5.76. The van der Waals surface area contributed by atoms with Gasteiger partial charge in [0.05, 0.1) is 12.7 Å². The van der Waals surface area contributed by atoms with Gasteiger partial charge >= 0.3 is 0 Å². The van der Waals surface area contributed by atoms with Crippen LogP contribution in [0.2, 0.25) is 5.02 Å². The molecule has 4 nitrogen and oxygen atoms in total. The molecule has 1 aromatic carbocycles. The number of aromatic nitrogens is 1. The molecule has 0 amide bonds. The summed E-state index contributed by atoms with van der Waals surface area (Å²) in [7, 11) is 0. The highest BCUT2D eigenvalue weighted by Gasteiger charge is 2.25. The minimum Gasteiger partial charge on any atom is -0.439 e. The zero-order valence-electron chi connectivity index (χ0n) is 12.5. The molecule has 0 spiro atoms. The fourth-order valence-electron chi connectivity index (χ4n) is 3.06. The fraction of sp³-hybridized carbons (Fsp3) is 0.471. The summed E-state index contributed by atoms with van der Waals surface area (Å²) >= 11 is 5.90. The summed E-state index contributed by atoms with van der Waals surface area (Å²) in [6, 6.07) is 8.12. The largest absolute Gasteiger partial charge is 0.439 e. The van der Waals surface area contributed by atoms with Crippen molar-refractivity contribution < 1.29 is 9.52 Å². The Bertz CT molecular complexity index is 597. The first-order valence-corrected chi connectivity index (χ1v) is 8.19. The molecule has 1 aliphatic heterocycles. The van der Waals surface area contributed by atoms with Crippen LogP contribution in [0.3, 0.4) is 0 Å². The quantitative estimate of drug-likeness (QED) is 0.881. The first-order chi connectivity index (χ1) is 10.8. The number of aliphatic hydroxyl groups is 1. The molecular weight excluding hydrogens is 300 g/mol. The molecule has 0 radical (unpaired) electrons. The van der Waals surface area contributed by atoms with E-state index in [4.69, 9.17) is 21.1 Å². The Kier molecular flexibility index (Phi) is 5.13. The van der Waals surface area contributed by atoms with E-state index < -0.39 is 0 Å². The lowest BCUT2D eigenvalue weighted by molar-refractivity contribution is 0.196. The van der Waals surface area contributed by atoms with E-state index in [-0.39, 0.29) is 6.61 Å². The van der Waals surface area contributed by atoms with Gasteiger partial charge in [-0.15, -0.1) is 0 Å². The average Bonchev–Trinajstić information content (AvgIpc) is 3.16. The van der Waals surface area contributed by atoms with Crippen molar-refractivity contribution in [2.75, 3.05) is 13.2 Å². The van der Waals surface area contributed by atoms with Gasteiger partial charge in [-0.05, 0) is 56.5 Å². The van der Waals surface area contributed by atoms with Crippen LogP contribution in [0, 0.1) is 0 Å². The van der Waals surface area contributed by atoms with Gasteiger partial charge < -0.3 is 9.52 Å². The Morgan fingerprint density at radius 3 is 2.91 bits per heavy atom. The lowest BCUT2D eigenvalue weighted by atomic mass is 10.1. The summed E-state index contributed by atoms with van der Waals surface area (Å²) in [6.07, 6.45) is 6.09. The first-order valence-electron chi connectivity index (χ1n) is 7.82. The topological polar surface area (TPSA) is 49.5 Å². The fourth-order valence-corrected chi connectivity index (χ4v) is 3.19. The van der Waals surface area contributed by atoms with E-state index in [2.05, 4.69) is 9.88 Å². The highest BCUT2D eigenvalue weighted by atomic mass is 35.5. The van der Waals surface area contributed by atoms with Crippen LogP contribution in [0.25, 0.3) is 11.3 Å². The first kappa shape index (κ1) is 15.5. The molecule has 1 fully saturated rings. The average molecular weight is 321 g/mol. The molecule has 0 saturated carbocycles. The van der Waals surface area contributed by atoms with Gasteiger partial charge in [-0.1, -0.05) is 11.6 Å². The smallest absolute Gasteiger partial charge is 0.209 e. The van der Waals surface area contributed by atoms with Crippen LogP contribution in [0.1, 0.15) is 31.6 Å². The molecule has 5 heteroatoms. The van der Waals surface area contributed by atoms with Gasteiger partial charge in [0.25, 0.3) is 0 Å². The van der Waals surface area contributed by atoms with Crippen LogP contribution >= 0.6 is 11.6 Å². The second kappa shape index (κ2) is 7.27. The molecule has 3 rings (SSSR count). The molecule has 22 heavy (non-hydrogen) atoms. The highest BCUT2D eigenvalue weighted by molar-refractivity contribution is 6.30.